The second-order valence-corrected chi connectivity index (χ2v) is 7.17. The van der Waals surface area contributed by atoms with Crippen LogP contribution < -0.4 is 0 Å². The molecule has 0 radical (unpaired) electrons. The first-order chi connectivity index (χ1) is 7.45. The molecule has 0 aliphatic carbocycles. The lowest BCUT2D eigenvalue weighted by molar-refractivity contribution is -0.111. The van der Waals surface area contributed by atoms with E-state index in [1.165, 1.54) is 6.92 Å². The molecule has 0 saturated heterocycles. The SMILES string of the molecule is CC(C=O)CCOP(=O)(O)C(F)(F)P(=O)(O)O. The molecule has 0 aromatic rings. The van der Waals surface area contributed by atoms with Crippen molar-refractivity contribution in [1.82, 2.24) is 0 Å². The van der Waals surface area contributed by atoms with E-state index in [1.807, 2.05) is 0 Å². The highest BCUT2D eigenvalue weighted by molar-refractivity contribution is 7.72. The van der Waals surface area contributed by atoms with Crippen LogP contribution in [0.1, 0.15) is 13.3 Å². The Kier molecular flexibility index (Phi) is 5.59. The second kappa shape index (κ2) is 5.65. The van der Waals surface area contributed by atoms with Gasteiger partial charge in [0, 0.05) is 5.92 Å². The Balaban J connectivity index is 4.64. The summed E-state index contributed by atoms with van der Waals surface area (Å²) < 4.78 is 50.9. The Morgan fingerprint density at radius 1 is 1.35 bits per heavy atom. The Labute approximate surface area is 95.5 Å². The lowest BCUT2D eigenvalue weighted by atomic mass is 10.1. The fourth-order valence-electron chi connectivity index (χ4n) is 0.673. The number of carbonyl (C=O) groups is 1. The highest BCUT2D eigenvalue weighted by Gasteiger charge is 2.64. The first-order valence-electron chi connectivity index (χ1n) is 4.32. The molecular weight excluding hydrogens is 284 g/mol. The summed E-state index contributed by atoms with van der Waals surface area (Å²) in [7, 11) is -11.9. The average molecular weight is 296 g/mol. The molecule has 17 heavy (non-hydrogen) atoms. The number of rotatable bonds is 7. The van der Waals surface area contributed by atoms with Crippen LogP contribution in [0.2, 0.25) is 0 Å². The number of hydrogen-bond donors (Lipinski definition) is 3. The fourth-order valence-corrected chi connectivity index (χ4v) is 2.67. The molecule has 0 aliphatic rings. The quantitative estimate of drug-likeness (QED) is 0.475. The number of aldehydes is 1. The van der Waals surface area contributed by atoms with Gasteiger partial charge in [0.25, 0.3) is 0 Å². The molecule has 2 atom stereocenters. The Morgan fingerprint density at radius 3 is 2.18 bits per heavy atom. The molecule has 0 saturated carbocycles. The molecule has 2 unspecified atom stereocenters. The van der Waals surface area contributed by atoms with Crippen LogP contribution in [0.5, 0.6) is 0 Å². The van der Waals surface area contributed by atoms with Crippen LogP contribution in [0.4, 0.5) is 8.78 Å². The molecule has 0 heterocycles. The summed E-state index contributed by atoms with van der Waals surface area (Å²) in [4.78, 5) is 35.4. The molecule has 0 aromatic carbocycles. The van der Waals surface area contributed by atoms with E-state index >= 15 is 0 Å². The van der Waals surface area contributed by atoms with Gasteiger partial charge in [-0.1, -0.05) is 6.92 Å². The highest BCUT2D eigenvalue weighted by atomic mass is 31.2. The summed E-state index contributed by atoms with van der Waals surface area (Å²) in [5, 5.41) is -5.16. The van der Waals surface area contributed by atoms with E-state index in [0.29, 0.717) is 6.29 Å². The normalized spacial score (nSPS) is 18.5. The second-order valence-electron chi connectivity index (χ2n) is 3.31. The van der Waals surface area contributed by atoms with Crippen LogP contribution >= 0.6 is 15.2 Å². The maximum atomic E-state index is 12.8. The minimum Gasteiger partial charge on any atom is -0.320 e. The Hall–Kier alpha value is -0.170. The van der Waals surface area contributed by atoms with E-state index in [0.717, 1.165) is 0 Å². The van der Waals surface area contributed by atoms with Crippen LogP contribution in [-0.2, 0) is 18.4 Å². The van der Waals surface area contributed by atoms with E-state index in [1.54, 1.807) is 0 Å². The largest absolute Gasteiger partial charge is 0.443 e. The third-order valence-electron chi connectivity index (χ3n) is 1.76. The number of carbonyl (C=O) groups excluding carboxylic acids is 1. The molecule has 0 fully saturated rings. The molecule has 0 bridgehead atoms. The van der Waals surface area contributed by atoms with Crippen molar-refractivity contribution >= 4 is 21.5 Å². The molecule has 0 amide bonds. The summed E-state index contributed by atoms with van der Waals surface area (Å²) in [6.07, 6.45) is 0.359. The van der Waals surface area contributed by atoms with Crippen molar-refractivity contribution in [2.45, 2.75) is 18.7 Å². The maximum Gasteiger partial charge on any atom is 0.443 e. The lowest BCUT2D eigenvalue weighted by Gasteiger charge is -2.22. The zero-order chi connectivity index (χ0) is 13.9. The minimum absolute atomic E-state index is 0.120. The summed E-state index contributed by atoms with van der Waals surface area (Å²) in [6, 6.07) is 0. The van der Waals surface area contributed by atoms with E-state index < -0.39 is 33.1 Å². The van der Waals surface area contributed by atoms with Gasteiger partial charge in [-0.15, -0.1) is 0 Å². The van der Waals surface area contributed by atoms with Gasteiger partial charge in [0.1, 0.15) is 6.29 Å². The first kappa shape index (κ1) is 16.8. The van der Waals surface area contributed by atoms with Crippen molar-refractivity contribution in [1.29, 1.82) is 0 Å². The van der Waals surface area contributed by atoms with E-state index in [2.05, 4.69) is 4.52 Å². The fraction of sp³-hybridized carbons (Fsp3) is 0.833. The first-order valence-corrected chi connectivity index (χ1v) is 7.51. The molecule has 0 aromatic heterocycles. The third kappa shape index (κ3) is 4.21. The van der Waals surface area contributed by atoms with Gasteiger partial charge in [-0.25, -0.2) is 0 Å². The summed E-state index contributed by atoms with van der Waals surface area (Å²) >= 11 is 0. The summed E-state index contributed by atoms with van der Waals surface area (Å²) in [5.74, 6) is -0.585. The van der Waals surface area contributed by atoms with Crippen LogP contribution in [0.15, 0.2) is 0 Å². The van der Waals surface area contributed by atoms with Crippen molar-refractivity contribution < 1.29 is 41.9 Å². The molecule has 0 spiro atoms. The zero-order valence-electron chi connectivity index (χ0n) is 8.69. The molecule has 102 valence electrons. The predicted octanol–water partition coefficient (Wildman–Crippen LogP) is 1.14. The summed E-state index contributed by atoms with van der Waals surface area (Å²) in [5.41, 5.74) is 0. The van der Waals surface area contributed by atoms with Crippen LogP contribution in [0.3, 0.4) is 0 Å². The van der Waals surface area contributed by atoms with Crippen LogP contribution in [0.25, 0.3) is 0 Å². The number of alkyl halides is 2. The average Bonchev–Trinajstić information content (AvgIpc) is 2.15. The topological polar surface area (TPSA) is 121 Å². The standard InChI is InChI=1S/C6H12F2O7P2/c1-5(4-9)2-3-15-17(13,14)6(7,8)16(10,11)12/h4-5H,2-3H2,1H3,(H,13,14)(H2,10,11,12). The van der Waals surface area contributed by atoms with Crippen molar-refractivity contribution in [2.75, 3.05) is 6.61 Å². The van der Waals surface area contributed by atoms with Gasteiger partial charge >= 0.3 is 20.6 Å². The Morgan fingerprint density at radius 2 is 1.82 bits per heavy atom. The minimum atomic E-state index is -6.10. The molecule has 0 aliphatic heterocycles. The van der Waals surface area contributed by atoms with Crippen molar-refractivity contribution in [3.05, 3.63) is 0 Å². The van der Waals surface area contributed by atoms with Gasteiger partial charge in [-0.3, -0.25) is 9.13 Å². The van der Waals surface area contributed by atoms with Crippen molar-refractivity contribution in [3.63, 3.8) is 0 Å². The van der Waals surface area contributed by atoms with Gasteiger partial charge in [0.15, 0.2) is 0 Å². The van der Waals surface area contributed by atoms with Gasteiger partial charge in [0.2, 0.25) is 0 Å². The third-order valence-corrected chi connectivity index (χ3v) is 5.22. The predicted molar refractivity (Wildman–Crippen MR) is 52.6 cm³/mol. The number of halogens is 2. The maximum absolute atomic E-state index is 12.8. The number of hydrogen-bond acceptors (Lipinski definition) is 4. The molecule has 3 N–H and O–H groups in total. The zero-order valence-corrected chi connectivity index (χ0v) is 10.5. The van der Waals surface area contributed by atoms with E-state index in [4.69, 9.17) is 14.7 Å². The van der Waals surface area contributed by atoms with Gasteiger partial charge in [-0.2, -0.15) is 8.78 Å². The van der Waals surface area contributed by atoms with Gasteiger partial charge in [0.05, 0.1) is 6.61 Å². The molecule has 11 heteroatoms. The monoisotopic (exact) mass is 296 g/mol. The van der Waals surface area contributed by atoms with Crippen LogP contribution in [-0.4, -0.2) is 33.0 Å². The van der Waals surface area contributed by atoms with Crippen molar-refractivity contribution in [2.24, 2.45) is 5.92 Å². The van der Waals surface area contributed by atoms with E-state index in [-0.39, 0.29) is 6.42 Å². The van der Waals surface area contributed by atoms with Crippen LogP contribution in [0, 0.1) is 5.92 Å². The van der Waals surface area contributed by atoms with Gasteiger partial charge in [-0.05, 0) is 6.42 Å². The highest BCUT2D eigenvalue weighted by Crippen LogP contribution is 2.73. The molecule has 7 nitrogen and oxygen atoms in total. The lowest BCUT2D eigenvalue weighted by Crippen LogP contribution is -2.19. The molecule has 0 rings (SSSR count). The smallest absolute Gasteiger partial charge is 0.320 e. The molecular formula is C6H12F2O7P2. The van der Waals surface area contributed by atoms with Gasteiger partial charge < -0.3 is 24.0 Å². The summed E-state index contributed by atoms with van der Waals surface area (Å²) in [6.45, 7) is 0.725. The van der Waals surface area contributed by atoms with E-state index in [9.17, 15) is 22.7 Å². The van der Waals surface area contributed by atoms with Crippen molar-refractivity contribution in [3.8, 4) is 0 Å². The Bertz CT molecular complexity index is 365.